The van der Waals surface area contributed by atoms with Crippen LogP contribution in [0.5, 0.6) is 5.75 Å². The Morgan fingerprint density at radius 1 is 1.30 bits per heavy atom. The molecule has 0 saturated heterocycles. The van der Waals surface area contributed by atoms with Crippen LogP contribution in [0.3, 0.4) is 0 Å². The molecule has 1 heterocycles. The van der Waals surface area contributed by atoms with Gasteiger partial charge in [0.25, 0.3) is 0 Å². The normalized spacial score (nSPS) is 10.3. The summed E-state index contributed by atoms with van der Waals surface area (Å²) >= 11 is 9.54. The van der Waals surface area contributed by atoms with Crippen molar-refractivity contribution in [3.05, 3.63) is 51.7 Å². The lowest BCUT2D eigenvalue weighted by Gasteiger charge is -2.10. The Kier molecular flexibility index (Phi) is 5.68. The molecule has 0 atom stereocenters. The average Bonchev–Trinajstić information content (AvgIpc) is 2.44. The Labute approximate surface area is 132 Å². The molecule has 2 rings (SSSR count). The maximum absolute atomic E-state index is 6.18. The first-order chi connectivity index (χ1) is 9.69. The summed E-state index contributed by atoms with van der Waals surface area (Å²) in [5.41, 5.74) is 1.91. The first kappa shape index (κ1) is 15.1. The Hall–Kier alpha value is -1.26. The van der Waals surface area contributed by atoms with Gasteiger partial charge in [0.15, 0.2) is 0 Å². The van der Waals surface area contributed by atoms with Crippen LogP contribution >= 0.6 is 27.5 Å². The molecule has 0 saturated carbocycles. The summed E-state index contributed by atoms with van der Waals surface area (Å²) in [5.74, 6) is 0.722. The molecule has 1 aromatic heterocycles. The number of ether oxygens (including phenoxy) is 1. The van der Waals surface area contributed by atoms with Crippen LogP contribution in [0, 0.1) is 0 Å². The molecule has 3 nitrogen and oxygen atoms in total. The average molecular weight is 356 g/mol. The van der Waals surface area contributed by atoms with E-state index in [9.17, 15) is 0 Å². The molecular formula is C15H16BrClN2O. The zero-order valence-electron chi connectivity index (χ0n) is 11.2. The summed E-state index contributed by atoms with van der Waals surface area (Å²) in [6.45, 7) is 3.38. The van der Waals surface area contributed by atoms with Crippen molar-refractivity contribution in [2.45, 2.75) is 19.9 Å². The molecule has 0 bridgehead atoms. The van der Waals surface area contributed by atoms with Crippen LogP contribution in [0.4, 0.5) is 5.69 Å². The fourth-order valence-electron chi connectivity index (χ4n) is 1.68. The molecule has 0 fully saturated rings. The Morgan fingerprint density at radius 3 is 2.85 bits per heavy atom. The van der Waals surface area contributed by atoms with E-state index >= 15 is 0 Å². The number of hydrogen-bond acceptors (Lipinski definition) is 3. The highest BCUT2D eigenvalue weighted by molar-refractivity contribution is 9.10. The summed E-state index contributed by atoms with van der Waals surface area (Å²) in [6.07, 6.45) is 0.963. The third-order valence-electron chi connectivity index (χ3n) is 2.64. The van der Waals surface area contributed by atoms with Crippen LogP contribution < -0.4 is 10.1 Å². The monoisotopic (exact) mass is 354 g/mol. The van der Waals surface area contributed by atoms with Crippen molar-refractivity contribution < 1.29 is 4.74 Å². The van der Waals surface area contributed by atoms with E-state index in [1.165, 1.54) is 0 Å². The lowest BCUT2D eigenvalue weighted by Crippen LogP contribution is -2.02. The molecule has 20 heavy (non-hydrogen) atoms. The molecule has 0 aliphatic rings. The van der Waals surface area contributed by atoms with Crippen molar-refractivity contribution in [2.75, 3.05) is 11.9 Å². The maximum atomic E-state index is 6.18. The smallest absolute Gasteiger partial charge is 0.138 e. The molecule has 0 spiro atoms. The second kappa shape index (κ2) is 7.50. The topological polar surface area (TPSA) is 34.1 Å². The van der Waals surface area contributed by atoms with Crippen LogP contribution in [0.2, 0.25) is 5.02 Å². The molecule has 0 radical (unpaired) electrons. The predicted molar refractivity (Wildman–Crippen MR) is 86.5 cm³/mol. The van der Waals surface area contributed by atoms with E-state index in [2.05, 4.69) is 33.2 Å². The molecule has 2 aromatic rings. The van der Waals surface area contributed by atoms with Crippen molar-refractivity contribution in [1.29, 1.82) is 0 Å². The van der Waals surface area contributed by atoms with Gasteiger partial charge in [-0.15, -0.1) is 0 Å². The maximum Gasteiger partial charge on any atom is 0.138 e. The quantitative estimate of drug-likeness (QED) is 0.748. The number of anilines is 1. The summed E-state index contributed by atoms with van der Waals surface area (Å²) in [6, 6.07) is 11.5. The molecule has 0 aliphatic carbocycles. The van der Waals surface area contributed by atoms with Gasteiger partial charge in [-0.2, -0.15) is 0 Å². The zero-order valence-corrected chi connectivity index (χ0v) is 13.5. The molecular weight excluding hydrogens is 340 g/mol. The van der Waals surface area contributed by atoms with Gasteiger partial charge in [-0.3, -0.25) is 0 Å². The molecule has 0 amide bonds. The number of aromatic nitrogens is 1. The molecule has 106 valence electrons. The summed E-state index contributed by atoms with van der Waals surface area (Å²) < 4.78 is 6.37. The van der Waals surface area contributed by atoms with Crippen LogP contribution in [0.1, 0.15) is 19.0 Å². The number of hydrogen-bond donors (Lipinski definition) is 1. The SMILES string of the molecule is CCCOc1ccc(NCc2cccc(Br)n2)cc1Cl. The van der Waals surface area contributed by atoms with E-state index in [-0.39, 0.29) is 0 Å². The van der Waals surface area contributed by atoms with Crippen molar-refractivity contribution in [1.82, 2.24) is 4.98 Å². The zero-order chi connectivity index (χ0) is 14.4. The van der Waals surface area contributed by atoms with Gasteiger partial charge in [-0.25, -0.2) is 4.98 Å². The van der Waals surface area contributed by atoms with Gasteiger partial charge in [-0.1, -0.05) is 24.6 Å². The first-order valence-corrected chi connectivity index (χ1v) is 7.64. The molecule has 5 heteroatoms. The van der Waals surface area contributed by atoms with Gasteiger partial charge in [0.05, 0.1) is 23.9 Å². The van der Waals surface area contributed by atoms with E-state index in [1.54, 1.807) is 0 Å². The number of nitrogens with one attached hydrogen (secondary N) is 1. The molecule has 1 aromatic carbocycles. The second-order valence-corrected chi connectivity index (χ2v) is 5.52. The molecule has 0 aliphatic heterocycles. The number of benzene rings is 1. The number of nitrogens with zero attached hydrogens (tertiary/aromatic N) is 1. The third-order valence-corrected chi connectivity index (χ3v) is 3.38. The van der Waals surface area contributed by atoms with Gasteiger partial charge in [0, 0.05) is 5.69 Å². The van der Waals surface area contributed by atoms with Gasteiger partial charge in [0.1, 0.15) is 10.4 Å². The largest absolute Gasteiger partial charge is 0.492 e. The Morgan fingerprint density at radius 2 is 2.15 bits per heavy atom. The summed E-state index contributed by atoms with van der Waals surface area (Å²) in [5, 5.41) is 3.91. The fraction of sp³-hybridized carbons (Fsp3) is 0.267. The minimum absolute atomic E-state index is 0.616. The third kappa shape index (κ3) is 4.39. The predicted octanol–water partition coefficient (Wildman–Crippen LogP) is 4.90. The Balaban J connectivity index is 1.98. The highest BCUT2D eigenvalue weighted by atomic mass is 79.9. The first-order valence-electron chi connectivity index (χ1n) is 6.46. The molecule has 1 N–H and O–H groups in total. The minimum Gasteiger partial charge on any atom is -0.492 e. The fourth-order valence-corrected chi connectivity index (χ4v) is 2.30. The van der Waals surface area contributed by atoms with Crippen molar-refractivity contribution >= 4 is 33.2 Å². The van der Waals surface area contributed by atoms with E-state index in [4.69, 9.17) is 16.3 Å². The highest BCUT2D eigenvalue weighted by Gasteiger charge is 2.03. The van der Waals surface area contributed by atoms with E-state index in [0.717, 1.165) is 28.2 Å². The van der Waals surface area contributed by atoms with Crippen LogP contribution in [-0.2, 0) is 6.54 Å². The number of rotatable bonds is 6. The second-order valence-electron chi connectivity index (χ2n) is 4.30. The van der Waals surface area contributed by atoms with Gasteiger partial charge >= 0.3 is 0 Å². The van der Waals surface area contributed by atoms with Crippen LogP contribution in [0.25, 0.3) is 0 Å². The van der Waals surface area contributed by atoms with Crippen molar-refractivity contribution in [3.8, 4) is 5.75 Å². The Bertz CT molecular complexity index is 578. The van der Waals surface area contributed by atoms with Crippen LogP contribution in [-0.4, -0.2) is 11.6 Å². The highest BCUT2D eigenvalue weighted by Crippen LogP contribution is 2.28. The van der Waals surface area contributed by atoms with Crippen LogP contribution in [0.15, 0.2) is 41.0 Å². The standard InChI is InChI=1S/C15H16BrClN2O/c1-2-8-20-14-7-6-11(9-13(14)17)18-10-12-4-3-5-15(16)19-12/h3-7,9,18H,2,8,10H2,1H3. The van der Waals surface area contributed by atoms with Crippen molar-refractivity contribution in [3.63, 3.8) is 0 Å². The van der Waals surface area contributed by atoms with Gasteiger partial charge in [-0.05, 0) is 52.7 Å². The van der Waals surface area contributed by atoms with E-state index in [1.807, 2.05) is 36.4 Å². The summed E-state index contributed by atoms with van der Waals surface area (Å²) in [7, 11) is 0. The van der Waals surface area contributed by atoms with Crippen molar-refractivity contribution in [2.24, 2.45) is 0 Å². The lowest BCUT2D eigenvalue weighted by atomic mass is 10.3. The van der Waals surface area contributed by atoms with Gasteiger partial charge in [0.2, 0.25) is 0 Å². The number of pyridine rings is 1. The summed E-state index contributed by atoms with van der Waals surface area (Å²) in [4.78, 5) is 4.37. The van der Waals surface area contributed by atoms with E-state index < -0.39 is 0 Å². The lowest BCUT2D eigenvalue weighted by molar-refractivity contribution is 0.317. The number of halogens is 2. The molecule has 0 unspecified atom stereocenters. The van der Waals surface area contributed by atoms with E-state index in [0.29, 0.717) is 18.2 Å². The minimum atomic E-state index is 0.616. The van der Waals surface area contributed by atoms with Gasteiger partial charge < -0.3 is 10.1 Å².